The summed E-state index contributed by atoms with van der Waals surface area (Å²) in [4.78, 5) is 47.9. The van der Waals surface area contributed by atoms with E-state index in [0.29, 0.717) is 23.9 Å². The van der Waals surface area contributed by atoms with Crippen LogP contribution in [0.1, 0.15) is 115 Å². The zero-order chi connectivity index (χ0) is 31.2. The fourth-order valence-electron chi connectivity index (χ4n) is 7.43. The van der Waals surface area contributed by atoms with E-state index < -0.39 is 11.6 Å². The van der Waals surface area contributed by atoms with E-state index in [4.69, 9.17) is 14.8 Å². The number of carboxylic acid groups (broad SMARTS) is 1. The predicted molar refractivity (Wildman–Crippen MR) is 166 cm³/mol. The highest BCUT2D eigenvalue weighted by molar-refractivity contribution is 6.39. The van der Waals surface area contributed by atoms with Gasteiger partial charge in [-0.25, -0.2) is 4.99 Å². The number of ether oxygens (including phenoxy) is 1. The van der Waals surface area contributed by atoms with Gasteiger partial charge in [-0.2, -0.15) is 0 Å². The third-order valence-electron chi connectivity index (χ3n) is 10.0. The molecule has 0 unspecified atom stereocenters. The molecular weight excluding hydrogens is 544 g/mol. The second-order valence-corrected chi connectivity index (χ2v) is 15.4. The second kappa shape index (κ2) is 11.9. The lowest BCUT2D eigenvalue weighted by molar-refractivity contribution is -0.137. The number of rotatable bonds is 8. The number of aliphatic carboxylic acids is 1. The van der Waals surface area contributed by atoms with Gasteiger partial charge in [-0.15, -0.1) is 0 Å². The maximum absolute atomic E-state index is 14.6. The number of hydrogen-bond donors (Lipinski definition) is 2. The second-order valence-electron chi connectivity index (χ2n) is 15.4. The van der Waals surface area contributed by atoms with E-state index in [-0.39, 0.29) is 53.8 Å². The Hall–Kier alpha value is -2.94. The van der Waals surface area contributed by atoms with Gasteiger partial charge in [0.2, 0.25) is 0 Å². The first-order valence-electron chi connectivity index (χ1n) is 16.1. The lowest BCUT2D eigenvalue weighted by atomic mass is 9.69. The monoisotopic (exact) mass is 594 g/mol. The molecule has 2 amide bonds. The van der Waals surface area contributed by atoms with Gasteiger partial charge in [0.05, 0.1) is 31.2 Å². The normalized spacial score (nSPS) is 28.0. The van der Waals surface area contributed by atoms with Crippen LogP contribution in [0.2, 0.25) is 0 Å². The fraction of sp³-hybridized carbons (Fsp3) is 0.706. The Kier molecular flexibility index (Phi) is 8.69. The molecular formula is C34H50N4O5. The standard InChI is InChI=1S/C34H50N4O5/c1-32(2,3)15-13-27(22-7-9-23(10-8-22)30(41)35-18-14-28(39)40)38-31(42)29(37-20-26-19-25(37)21-43-26)36-34(38)16-11-24(12-17-34)33(4,5)6/h7-10,24-27H,11-21H2,1-6H3,(H,35,41)(H,39,40)/t24?,25-,26-,27-,34?/m1/s1. The first-order valence-corrected chi connectivity index (χ1v) is 16.1. The number of nitrogens with zero attached hydrogens (tertiary/aromatic N) is 3. The Morgan fingerprint density at radius 1 is 1.12 bits per heavy atom. The first kappa shape index (κ1) is 31.5. The lowest BCUT2D eigenvalue weighted by Crippen LogP contribution is -2.53. The van der Waals surface area contributed by atoms with Crippen molar-refractivity contribution in [3.8, 4) is 0 Å². The minimum absolute atomic E-state index is 0.0242. The number of amides is 2. The largest absolute Gasteiger partial charge is 0.481 e. The SMILES string of the molecule is CC(C)(C)CC[C@H](c1ccc(C(=O)NCCC(=O)O)cc1)N1C(=O)C(N2C[C@H]3C[C@@H]2CO3)=NC12CCC(C(C)(C)C)CC2. The van der Waals surface area contributed by atoms with Crippen molar-refractivity contribution in [3.63, 3.8) is 0 Å². The molecule has 2 N–H and O–H groups in total. The molecule has 1 saturated carbocycles. The molecule has 1 spiro atoms. The quantitative estimate of drug-likeness (QED) is 0.417. The molecule has 4 aliphatic rings. The van der Waals surface area contributed by atoms with Crippen LogP contribution in [0, 0.1) is 16.7 Å². The van der Waals surface area contributed by atoms with E-state index >= 15 is 0 Å². The van der Waals surface area contributed by atoms with Gasteiger partial charge in [0.1, 0.15) is 5.66 Å². The number of fused-ring (bicyclic) bond motifs is 2. The van der Waals surface area contributed by atoms with E-state index in [1.165, 1.54) is 0 Å². The number of likely N-dealkylation sites (tertiary alicyclic amines) is 1. The lowest BCUT2D eigenvalue weighted by Gasteiger charge is -2.47. The number of aliphatic imine (C=N–C) groups is 1. The Balaban J connectivity index is 1.47. The van der Waals surface area contributed by atoms with Crippen LogP contribution in [0.4, 0.5) is 0 Å². The Bertz CT molecular complexity index is 1240. The van der Waals surface area contributed by atoms with E-state index in [2.05, 4.69) is 56.7 Å². The van der Waals surface area contributed by atoms with Crippen molar-refractivity contribution in [2.24, 2.45) is 21.7 Å². The van der Waals surface area contributed by atoms with Crippen molar-refractivity contribution in [3.05, 3.63) is 35.4 Å². The number of benzene rings is 1. The fourth-order valence-corrected chi connectivity index (χ4v) is 7.43. The summed E-state index contributed by atoms with van der Waals surface area (Å²) in [7, 11) is 0. The number of carbonyl (C=O) groups excluding carboxylic acids is 2. The number of morpholine rings is 1. The number of hydrogen-bond acceptors (Lipinski definition) is 6. The summed E-state index contributed by atoms with van der Waals surface area (Å²) in [5.74, 6) is -0.0343. The Morgan fingerprint density at radius 2 is 1.79 bits per heavy atom. The van der Waals surface area contributed by atoms with Gasteiger partial charge in [-0.1, -0.05) is 53.7 Å². The molecule has 2 bridgehead atoms. The third kappa shape index (κ3) is 6.76. The molecule has 0 aromatic heterocycles. The maximum atomic E-state index is 14.6. The smallest absolute Gasteiger partial charge is 0.305 e. The zero-order valence-corrected chi connectivity index (χ0v) is 26.8. The summed E-state index contributed by atoms with van der Waals surface area (Å²) >= 11 is 0. The first-order chi connectivity index (χ1) is 20.2. The van der Waals surface area contributed by atoms with E-state index in [9.17, 15) is 14.4 Å². The molecule has 9 heteroatoms. The zero-order valence-electron chi connectivity index (χ0n) is 26.8. The molecule has 0 radical (unpaired) electrons. The summed E-state index contributed by atoms with van der Waals surface area (Å²) in [6.07, 6.45) is 6.47. The summed E-state index contributed by atoms with van der Waals surface area (Å²) in [5.41, 5.74) is 1.19. The molecule has 1 aromatic carbocycles. The summed E-state index contributed by atoms with van der Waals surface area (Å²) in [6.45, 7) is 15.1. The van der Waals surface area contributed by atoms with Crippen molar-refractivity contribution >= 4 is 23.6 Å². The summed E-state index contributed by atoms with van der Waals surface area (Å²) in [6, 6.07) is 7.53. The Morgan fingerprint density at radius 3 is 2.33 bits per heavy atom. The molecule has 9 nitrogen and oxygen atoms in total. The van der Waals surface area contributed by atoms with Crippen molar-refractivity contribution < 1.29 is 24.2 Å². The van der Waals surface area contributed by atoms with Gasteiger partial charge in [0, 0.05) is 18.7 Å². The molecule has 236 valence electrons. The summed E-state index contributed by atoms with van der Waals surface area (Å²) < 4.78 is 5.87. The van der Waals surface area contributed by atoms with Crippen LogP contribution in [0.3, 0.4) is 0 Å². The number of nitrogens with one attached hydrogen (secondary N) is 1. The van der Waals surface area contributed by atoms with Crippen LogP contribution in [-0.4, -0.2) is 76.0 Å². The van der Waals surface area contributed by atoms with Crippen LogP contribution in [-0.2, 0) is 14.3 Å². The maximum Gasteiger partial charge on any atom is 0.305 e. The van der Waals surface area contributed by atoms with Crippen molar-refractivity contribution in [2.75, 3.05) is 19.7 Å². The van der Waals surface area contributed by atoms with E-state index in [1.54, 1.807) is 12.1 Å². The minimum atomic E-state index is -0.950. The predicted octanol–water partition coefficient (Wildman–Crippen LogP) is 5.40. The highest BCUT2D eigenvalue weighted by Crippen LogP contribution is 2.50. The summed E-state index contributed by atoms with van der Waals surface area (Å²) in [5, 5.41) is 11.6. The van der Waals surface area contributed by atoms with Crippen LogP contribution in [0.25, 0.3) is 0 Å². The number of carbonyl (C=O) groups is 3. The van der Waals surface area contributed by atoms with E-state index in [0.717, 1.165) is 57.1 Å². The minimum Gasteiger partial charge on any atom is -0.481 e. The molecule has 1 aromatic rings. The van der Waals surface area contributed by atoms with Gasteiger partial charge in [0.25, 0.3) is 11.8 Å². The highest BCUT2D eigenvalue weighted by Gasteiger charge is 2.55. The Labute approximate surface area is 256 Å². The van der Waals surface area contributed by atoms with Crippen molar-refractivity contribution in [2.45, 2.75) is 117 Å². The molecule has 3 atom stereocenters. The molecule has 5 rings (SSSR count). The average molecular weight is 595 g/mol. The molecule has 3 heterocycles. The van der Waals surface area contributed by atoms with Crippen LogP contribution >= 0.6 is 0 Å². The van der Waals surface area contributed by atoms with Gasteiger partial charge in [-0.3, -0.25) is 14.4 Å². The molecule has 1 aliphatic carbocycles. The van der Waals surface area contributed by atoms with Crippen molar-refractivity contribution in [1.82, 2.24) is 15.1 Å². The number of carboxylic acids is 1. The molecule has 3 fully saturated rings. The van der Waals surface area contributed by atoms with Gasteiger partial charge in [-0.05, 0) is 79.4 Å². The van der Waals surface area contributed by atoms with Gasteiger partial charge >= 0.3 is 5.97 Å². The van der Waals surface area contributed by atoms with Crippen LogP contribution in [0.5, 0.6) is 0 Å². The third-order valence-corrected chi connectivity index (χ3v) is 10.0. The van der Waals surface area contributed by atoms with Gasteiger partial charge in [0.15, 0.2) is 5.84 Å². The topological polar surface area (TPSA) is 112 Å². The van der Waals surface area contributed by atoms with Crippen molar-refractivity contribution in [1.29, 1.82) is 0 Å². The highest BCUT2D eigenvalue weighted by atomic mass is 16.5. The average Bonchev–Trinajstić information content (AvgIpc) is 3.63. The number of amidine groups is 1. The molecule has 43 heavy (non-hydrogen) atoms. The van der Waals surface area contributed by atoms with Crippen LogP contribution < -0.4 is 5.32 Å². The molecule has 2 saturated heterocycles. The van der Waals surface area contributed by atoms with E-state index in [1.807, 2.05) is 12.1 Å². The van der Waals surface area contributed by atoms with Gasteiger partial charge < -0.3 is 25.0 Å². The molecule has 3 aliphatic heterocycles. The van der Waals surface area contributed by atoms with Crippen LogP contribution in [0.15, 0.2) is 29.3 Å².